The van der Waals surface area contributed by atoms with E-state index in [1.807, 2.05) is 42.5 Å². The highest BCUT2D eigenvalue weighted by Crippen LogP contribution is 2.30. The quantitative estimate of drug-likeness (QED) is 0.735. The first-order valence-electron chi connectivity index (χ1n) is 6.66. The van der Waals surface area contributed by atoms with Crippen LogP contribution in [0.15, 0.2) is 48.5 Å². The lowest BCUT2D eigenvalue weighted by Crippen LogP contribution is -1.96. The van der Waals surface area contributed by atoms with Gasteiger partial charge in [-0.1, -0.05) is 35.9 Å². The third-order valence-electron chi connectivity index (χ3n) is 3.12. The first kappa shape index (κ1) is 14.8. The van der Waals surface area contributed by atoms with E-state index >= 15 is 0 Å². The monoisotopic (exact) mass is 329 g/mol. The summed E-state index contributed by atoms with van der Waals surface area (Å²) in [5.41, 5.74) is 2.48. The molecule has 0 aliphatic carbocycles. The Bertz CT molecular complexity index is 819. The summed E-state index contributed by atoms with van der Waals surface area (Å²) in [6, 6.07) is 15.1. The molecule has 0 fully saturated rings. The zero-order chi connectivity index (χ0) is 15.5. The summed E-state index contributed by atoms with van der Waals surface area (Å²) in [4.78, 5) is 15.7. The molecule has 0 aliphatic heterocycles. The van der Waals surface area contributed by atoms with E-state index in [1.54, 1.807) is 12.1 Å². The van der Waals surface area contributed by atoms with Gasteiger partial charge >= 0.3 is 5.97 Å². The second-order valence-electron chi connectivity index (χ2n) is 4.78. The van der Waals surface area contributed by atoms with Crippen molar-refractivity contribution in [2.24, 2.45) is 0 Å². The van der Waals surface area contributed by atoms with E-state index in [0.717, 1.165) is 20.8 Å². The molecule has 0 radical (unpaired) electrons. The minimum Gasteiger partial charge on any atom is -0.481 e. The van der Waals surface area contributed by atoms with Gasteiger partial charge in [0.1, 0.15) is 5.01 Å². The fourth-order valence-electron chi connectivity index (χ4n) is 2.12. The Hall–Kier alpha value is -2.17. The van der Waals surface area contributed by atoms with Crippen LogP contribution in [0.5, 0.6) is 0 Å². The van der Waals surface area contributed by atoms with E-state index in [0.29, 0.717) is 10.6 Å². The maximum atomic E-state index is 11.2. The van der Waals surface area contributed by atoms with E-state index in [4.69, 9.17) is 16.7 Å². The first-order valence-corrected chi connectivity index (χ1v) is 7.85. The molecule has 0 atom stereocenters. The fraction of sp³-hybridized carbons (Fsp3) is 0.0588. The Kier molecular flexibility index (Phi) is 4.22. The van der Waals surface area contributed by atoms with Gasteiger partial charge in [0.05, 0.1) is 16.6 Å². The van der Waals surface area contributed by atoms with E-state index in [1.165, 1.54) is 11.3 Å². The zero-order valence-electron chi connectivity index (χ0n) is 11.5. The summed E-state index contributed by atoms with van der Waals surface area (Å²) >= 11 is 7.38. The summed E-state index contributed by atoms with van der Waals surface area (Å²) in [5, 5.41) is 10.5. The fourth-order valence-corrected chi connectivity index (χ4v) is 3.23. The van der Waals surface area contributed by atoms with Crippen molar-refractivity contribution >= 4 is 50.8 Å². The van der Waals surface area contributed by atoms with Gasteiger partial charge in [-0.05, 0) is 41.5 Å². The molecule has 1 heterocycles. The Labute approximate surface area is 136 Å². The van der Waals surface area contributed by atoms with Crippen LogP contribution in [0.2, 0.25) is 5.02 Å². The van der Waals surface area contributed by atoms with Crippen LogP contribution < -0.4 is 0 Å². The predicted molar refractivity (Wildman–Crippen MR) is 91.2 cm³/mol. The molecular formula is C17H12ClNO2S. The number of para-hydroxylation sites is 1. The number of aliphatic carboxylic acids is 1. The molecule has 3 rings (SSSR count). The highest BCUT2D eigenvalue weighted by atomic mass is 35.5. The molecule has 110 valence electrons. The molecule has 0 unspecified atom stereocenters. The smallest absolute Gasteiger partial charge is 0.307 e. The lowest BCUT2D eigenvalue weighted by molar-refractivity contribution is -0.135. The van der Waals surface area contributed by atoms with E-state index < -0.39 is 5.97 Å². The molecule has 0 spiro atoms. The lowest BCUT2D eigenvalue weighted by atomic mass is 10.1. The number of hydrogen-bond acceptors (Lipinski definition) is 3. The topological polar surface area (TPSA) is 50.2 Å². The van der Waals surface area contributed by atoms with Gasteiger partial charge in [0, 0.05) is 5.02 Å². The largest absolute Gasteiger partial charge is 0.481 e. The van der Waals surface area contributed by atoms with Crippen LogP contribution in [0.4, 0.5) is 0 Å². The van der Waals surface area contributed by atoms with Crippen LogP contribution in [-0.4, -0.2) is 16.1 Å². The Morgan fingerprint density at radius 2 is 1.91 bits per heavy atom. The van der Waals surface area contributed by atoms with Crippen molar-refractivity contribution in [3.05, 3.63) is 64.1 Å². The second kappa shape index (κ2) is 6.30. The molecule has 2 aromatic carbocycles. The van der Waals surface area contributed by atoms with Gasteiger partial charge < -0.3 is 5.11 Å². The summed E-state index contributed by atoms with van der Waals surface area (Å²) in [7, 11) is 0. The van der Waals surface area contributed by atoms with Crippen molar-refractivity contribution in [2.75, 3.05) is 0 Å². The van der Waals surface area contributed by atoms with Crippen LogP contribution in [0.1, 0.15) is 17.0 Å². The molecule has 3 aromatic rings. The second-order valence-corrected chi connectivity index (χ2v) is 6.25. The van der Waals surface area contributed by atoms with Crippen LogP contribution in [-0.2, 0) is 4.79 Å². The van der Waals surface area contributed by atoms with Crippen LogP contribution in [0.3, 0.4) is 0 Å². The number of aromatic nitrogens is 1. The summed E-state index contributed by atoms with van der Waals surface area (Å²) in [6.07, 6.45) is 1.78. The lowest BCUT2D eigenvalue weighted by Gasteiger charge is -2.02. The molecular weight excluding hydrogens is 318 g/mol. The van der Waals surface area contributed by atoms with Gasteiger partial charge in [-0.25, -0.2) is 4.98 Å². The average molecular weight is 330 g/mol. The third kappa shape index (κ3) is 3.35. The van der Waals surface area contributed by atoms with Crippen molar-refractivity contribution in [3.8, 4) is 0 Å². The highest BCUT2D eigenvalue weighted by molar-refractivity contribution is 7.19. The Balaban J connectivity index is 2.05. The first-order chi connectivity index (χ1) is 10.6. The Morgan fingerprint density at radius 1 is 1.18 bits per heavy atom. The molecule has 0 saturated carbocycles. The van der Waals surface area contributed by atoms with Gasteiger partial charge in [0.2, 0.25) is 0 Å². The van der Waals surface area contributed by atoms with E-state index in [9.17, 15) is 4.79 Å². The minimum atomic E-state index is -0.875. The van der Waals surface area contributed by atoms with Crippen molar-refractivity contribution in [2.45, 2.75) is 6.42 Å². The molecule has 0 saturated heterocycles. The molecule has 5 heteroatoms. The van der Waals surface area contributed by atoms with Crippen molar-refractivity contribution < 1.29 is 9.90 Å². The summed E-state index contributed by atoms with van der Waals surface area (Å²) < 4.78 is 1.05. The molecule has 0 bridgehead atoms. The molecule has 1 N–H and O–H groups in total. The maximum Gasteiger partial charge on any atom is 0.307 e. The number of rotatable bonds is 4. The van der Waals surface area contributed by atoms with Gasteiger partial charge in [-0.2, -0.15) is 0 Å². The summed E-state index contributed by atoms with van der Waals surface area (Å²) in [5.74, 6) is -0.875. The number of halogens is 1. The van der Waals surface area contributed by atoms with Crippen LogP contribution in [0.25, 0.3) is 21.9 Å². The molecule has 0 amide bonds. The van der Waals surface area contributed by atoms with Gasteiger partial charge in [0.25, 0.3) is 0 Å². The van der Waals surface area contributed by atoms with Gasteiger partial charge in [-0.3, -0.25) is 4.79 Å². The number of thiazole rings is 1. The molecule has 1 aromatic heterocycles. The zero-order valence-corrected chi connectivity index (χ0v) is 13.1. The average Bonchev–Trinajstić information content (AvgIpc) is 2.92. The predicted octanol–water partition coefficient (Wildman–Crippen LogP) is 4.97. The van der Waals surface area contributed by atoms with Gasteiger partial charge in [0.15, 0.2) is 0 Å². The normalized spacial score (nSPS) is 11.8. The number of carboxylic acid groups (broad SMARTS) is 1. The van der Waals surface area contributed by atoms with E-state index in [2.05, 4.69) is 4.98 Å². The van der Waals surface area contributed by atoms with Crippen molar-refractivity contribution in [1.82, 2.24) is 4.98 Å². The highest BCUT2D eigenvalue weighted by Gasteiger charge is 2.12. The van der Waals surface area contributed by atoms with Crippen LogP contribution >= 0.6 is 22.9 Å². The van der Waals surface area contributed by atoms with Crippen LogP contribution in [0, 0.1) is 0 Å². The number of carboxylic acids is 1. The number of hydrogen-bond donors (Lipinski definition) is 1. The van der Waals surface area contributed by atoms with Crippen molar-refractivity contribution in [1.29, 1.82) is 0 Å². The summed E-state index contributed by atoms with van der Waals surface area (Å²) in [6.45, 7) is 0. The number of fused-ring (bicyclic) bond motifs is 1. The SMILES string of the molecule is O=C(O)C/C(=C\c1ccc(Cl)cc1)c1nc2ccccc2s1. The molecule has 3 nitrogen and oxygen atoms in total. The van der Waals surface area contributed by atoms with E-state index in [-0.39, 0.29) is 6.42 Å². The number of nitrogens with zero attached hydrogens (tertiary/aromatic N) is 1. The van der Waals surface area contributed by atoms with Crippen molar-refractivity contribution in [3.63, 3.8) is 0 Å². The molecule has 0 aliphatic rings. The van der Waals surface area contributed by atoms with Gasteiger partial charge in [-0.15, -0.1) is 11.3 Å². The maximum absolute atomic E-state index is 11.2. The number of carbonyl (C=O) groups is 1. The third-order valence-corrected chi connectivity index (χ3v) is 4.49. The minimum absolute atomic E-state index is 0.0670. The number of benzene rings is 2. The standard InChI is InChI=1S/C17H12ClNO2S/c18-13-7-5-11(6-8-13)9-12(10-16(20)21)17-19-14-3-1-2-4-15(14)22-17/h1-9H,10H2,(H,20,21)/b12-9+. The Morgan fingerprint density at radius 3 is 2.59 bits per heavy atom. The molecule has 22 heavy (non-hydrogen) atoms.